The summed E-state index contributed by atoms with van der Waals surface area (Å²) in [6.45, 7) is 5.90. The highest BCUT2D eigenvalue weighted by Crippen LogP contribution is 2.25. The third-order valence-electron chi connectivity index (χ3n) is 2.97. The van der Waals surface area contributed by atoms with Gasteiger partial charge in [-0.25, -0.2) is 4.68 Å². The van der Waals surface area contributed by atoms with Gasteiger partial charge in [0.25, 0.3) is 5.91 Å². The second-order valence-electron chi connectivity index (χ2n) is 5.69. The van der Waals surface area contributed by atoms with Gasteiger partial charge >= 0.3 is 0 Å². The number of anilines is 1. The molecule has 1 amide bonds. The van der Waals surface area contributed by atoms with Gasteiger partial charge in [-0.1, -0.05) is 6.07 Å². The Hall–Kier alpha value is -2.37. The maximum absolute atomic E-state index is 11.6. The van der Waals surface area contributed by atoms with Crippen LogP contribution in [0, 0.1) is 0 Å². The van der Waals surface area contributed by atoms with Crippen LogP contribution >= 0.6 is 0 Å². The minimum atomic E-state index is -0.558. The second kappa shape index (κ2) is 4.96. The molecule has 0 aliphatic rings. The Morgan fingerprint density at radius 1 is 1.40 bits per heavy atom. The minimum Gasteiger partial charge on any atom is -0.383 e. The van der Waals surface area contributed by atoms with Crippen molar-refractivity contribution in [1.29, 1.82) is 0 Å². The lowest BCUT2D eigenvalue weighted by Gasteiger charge is -2.20. The van der Waals surface area contributed by atoms with E-state index in [1.807, 2.05) is 32.9 Å². The molecule has 2 heterocycles. The van der Waals surface area contributed by atoms with E-state index in [1.54, 1.807) is 17.1 Å². The van der Waals surface area contributed by atoms with Gasteiger partial charge in [0.15, 0.2) is 0 Å². The van der Waals surface area contributed by atoms with Crippen molar-refractivity contribution in [2.75, 3.05) is 5.73 Å². The highest BCUT2D eigenvalue weighted by atomic mass is 16.1. The maximum Gasteiger partial charge on any atom is 0.254 e. The summed E-state index contributed by atoms with van der Waals surface area (Å²) in [5, 5.41) is 4.46. The Balaban J connectivity index is 2.50. The Labute approximate surface area is 117 Å². The number of nitrogens with zero attached hydrogens (tertiary/aromatic N) is 3. The standard InChI is InChI=1S/C14H19N5O/c1-14(2,3)19-12(15)11(13(16)20)10(18-19)7-9-5-4-6-17-8-9/h4-6,8H,7,15H2,1-3H3,(H2,16,20). The monoisotopic (exact) mass is 273 g/mol. The van der Waals surface area contributed by atoms with Crippen molar-refractivity contribution >= 4 is 11.7 Å². The van der Waals surface area contributed by atoms with Crippen LogP contribution in [0.15, 0.2) is 24.5 Å². The molecule has 0 bridgehead atoms. The minimum absolute atomic E-state index is 0.295. The van der Waals surface area contributed by atoms with Crippen LogP contribution in [0.5, 0.6) is 0 Å². The lowest BCUT2D eigenvalue weighted by molar-refractivity contribution is 0.100. The van der Waals surface area contributed by atoms with Crippen LogP contribution in [-0.2, 0) is 12.0 Å². The summed E-state index contributed by atoms with van der Waals surface area (Å²) in [7, 11) is 0. The molecule has 6 heteroatoms. The number of rotatable bonds is 3. The molecule has 0 aliphatic heterocycles. The molecule has 0 fully saturated rings. The molecule has 0 unspecified atom stereocenters. The quantitative estimate of drug-likeness (QED) is 0.880. The van der Waals surface area contributed by atoms with Crippen molar-refractivity contribution in [3.05, 3.63) is 41.3 Å². The Morgan fingerprint density at radius 2 is 2.10 bits per heavy atom. The third kappa shape index (κ3) is 2.64. The molecule has 0 atom stereocenters. The third-order valence-corrected chi connectivity index (χ3v) is 2.97. The highest BCUT2D eigenvalue weighted by molar-refractivity contribution is 5.98. The summed E-state index contributed by atoms with van der Waals surface area (Å²) < 4.78 is 1.64. The van der Waals surface area contributed by atoms with E-state index in [0.29, 0.717) is 23.5 Å². The smallest absolute Gasteiger partial charge is 0.254 e. The van der Waals surface area contributed by atoms with Gasteiger partial charge in [0, 0.05) is 18.8 Å². The van der Waals surface area contributed by atoms with Gasteiger partial charge in [0.2, 0.25) is 0 Å². The molecule has 0 aliphatic carbocycles. The number of hydrogen-bond acceptors (Lipinski definition) is 4. The van der Waals surface area contributed by atoms with E-state index in [9.17, 15) is 4.79 Å². The molecule has 2 aromatic heterocycles. The molecule has 4 N–H and O–H groups in total. The fourth-order valence-corrected chi connectivity index (χ4v) is 2.08. The number of nitrogen functional groups attached to an aromatic ring is 1. The van der Waals surface area contributed by atoms with Crippen molar-refractivity contribution in [2.24, 2.45) is 5.73 Å². The first-order valence-corrected chi connectivity index (χ1v) is 6.37. The van der Waals surface area contributed by atoms with E-state index in [-0.39, 0.29) is 5.54 Å². The normalized spacial score (nSPS) is 11.6. The first kappa shape index (κ1) is 14.0. The highest BCUT2D eigenvalue weighted by Gasteiger charge is 2.25. The number of aromatic nitrogens is 3. The number of carbonyl (C=O) groups excluding carboxylic acids is 1. The fraction of sp³-hybridized carbons (Fsp3) is 0.357. The first-order chi connectivity index (χ1) is 9.30. The molecule has 0 radical (unpaired) electrons. The van der Waals surface area contributed by atoms with Crippen LogP contribution in [0.3, 0.4) is 0 Å². The van der Waals surface area contributed by atoms with E-state index in [1.165, 1.54) is 0 Å². The van der Waals surface area contributed by atoms with Gasteiger partial charge in [-0.15, -0.1) is 0 Å². The largest absolute Gasteiger partial charge is 0.383 e. The molecule has 20 heavy (non-hydrogen) atoms. The second-order valence-corrected chi connectivity index (χ2v) is 5.69. The Kier molecular flexibility index (Phi) is 3.48. The van der Waals surface area contributed by atoms with Gasteiger partial charge in [-0.3, -0.25) is 9.78 Å². The molecule has 2 aromatic rings. The van der Waals surface area contributed by atoms with Crippen molar-refractivity contribution < 1.29 is 4.79 Å². The predicted octanol–water partition coefficient (Wildman–Crippen LogP) is 1.30. The number of amides is 1. The molecule has 0 spiro atoms. The average molecular weight is 273 g/mol. The number of primary amides is 1. The van der Waals surface area contributed by atoms with Crippen molar-refractivity contribution in [3.8, 4) is 0 Å². The maximum atomic E-state index is 11.6. The van der Waals surface area contributed by atoms with Gasteiger partial charge in [0.05, 0.1) is 11.2 Å². The van der Waals surface area contributed by atoms with Crippen molar-refractivity contribution in [1.82, 2.24) is 14.8 Å². The molecule has 2 rings (SSSR count). The fourth-order valence-electron chi connectivity index (χ4n) is 2.08. The zero-order chi connectivity index (χ0) is 14.9. The SMILES string of the molecule is CC(C)(C)n1nc(Cc2cccnc2)c(C(N)=O)c1N. The van der Waals surface area contributed by atoms with Crippen molar-refractivity contribution in [3.63, 3.8) is 0 Å². The molecular formula is C14H19N5O. The average Bonchev–Trinajstić information content (AvgIpc) is 2.67. The summed E-state index contributed by atoms with van der Waals surface area (Å²) in [6, 6.07) is 3.76. The van der Waals surface area contributed by atoms with Gasteiger partial charge in [0.1, 0.15) is 11.4 Å². The summed E-state index contributed by atoms with van der Waals surface area (Å²) in [6.07, 6.45) is 3.90. The van der Waals surface area contributed by atoms with E-state index in [4.69, 9.17) is 11.5 Å². The molecule has 106 valence electrons. The van der Waals surface area contributed by atoms with Gasteiger partial charge < -0.3 is 11.5 Å². The first-order valence-electron chi connectivity index (χ1n) is 6.37. The lowest BCUT2D eigenvalue weighted by atomic mass is 10.1. The van der Waals surface area contributed by atoms with E-state index in [0.717, 1.165) is 5.56 Å². The van der Waals surface area contributed by atoms with Crippen LogP contribution < -0.4 is 11.5 Å². The number of pyridine rings is 1. The van der Waals surface area contributed by atoms with Crippen LogP contribution in [0.4, 0.5) is 5.82 Å². The van der Waals surface area contributed by atoms with E-state index in [2.05, 4.69) is 10.1 Å². The zero-order valence-corrected chi connectivity index (χ0v) is 11.9. The zero-order valence-electron chi connectivity index (χ0n) is 11.9. The van der Waals surface area contributed by atoms with Crippen LogP contribution in [0.2, 0.25) is 0 Å². The van der Waals surface area contributed by atoms with Crippen LogP contribution in [-0.4, -0.2) is 20.7 Å². The predicted molar refractivity (Wildman–Crippen MR) is 77.2 cm³/mol. The van der Waals surface area contributed by atoms with Crippen molar-refractivity contribution in [2.45, 2.75) is 32.7 Å². The summed E-state index contributed by atoms with van der Waals surface area (Å²) in [5.41, 5.74) is 13.0. The van der Waals surface area contributed by atoms with Gasteiger partial charge in [-0.2, -0.15) is 5.10 Å². The molecular weight excluding hydrogens is 254 g/mol. The topological polar surface area (TPSA) is 99.8 Å². The summed E-state index contributed by atoms with van der Waals surface area (Å²) in [5.74, 6) is -0.249. The molecule has 0 saturated carbocycles. The van der Waals surface area contributed by atoms with E-state index < -0.39 is 5.91 Å². The van der Waals surface area contributed by atoms with E-state index >= 15 is 0 Å². The number of hydrogen-bond donors (Lipinski definition) is 2. The summed E-state index contributed by atoms with van der Waals surface area (Å²) >= 11 is 0. The summed E-state index contributed by atoms with van der Waals surface area (Å²) in [4.78, 5) is 15.7. The van der Waals surface area contributed by atoms with Crippen LogP contribution in [0.1, 0.15) is 42.4 Å². The van der Waals surface area contributed by atoms with Crippen LogP contribution in [0.25, 0.3) is 0 Å². The number of nitrogens with two attached hydrogens (primary N) is 2. The molecule has 6 nitrogen and oxygen atoms in total. The molecule has 0 aromatic carbocycles. The van der Waals surface area contributed by atoms with Gasteiger partial charge in [-0.05, 0) is 32.4 Å². The Morgan fingerprint density at radius 3 is 2.60 bits per heavy atom. The lowest BCUT2D eigenvalue weighted by Crippen LogP contribution is -2.25. The Bertz CT molecular complexity index is 625. The number of carbonyl (C=O) groups is 1. The molecule has 0 saturated heterocycles.